The van der Waals surface area contributed by atoms with Crippen LogP contribution in [0.4, 0.5) is 0 Å². The maximum absolute atomic E-state index is 10.7. The molecule has 0 spiro atoms. The van der Waals surface area contributed by atoms with Crippen LogP contribution in [0.2, 0.25) is 0 Å². The van der Waals surface area contributed by atoms with Crippen molar-refractivity contribution in [2.75, 3.05) is 13.2 Å². The summed E-state index contributed by atoms with van der Waals surface area (Å²) in [5, 5.41) is 0. The van der Waals surface area contributed by atoms with E-state index in [-0.39, 0.29) is 6.10 Å². The predicted molar refractivity (Wildman–Crippen MR) is 54.5 cm³/mol. The highest BCUT2D eigenvalue weighted by Crippen LogP contribution is 2.29. The molecule has 1 aromatic carbocycles. The lowest BCUT2D eigenvalue weighted by molar-refractivity contribution is -0.0400. The number of benzene rings is 1. The van der Waals surface area contributed by atoms with Gasteiger partial charge < -0.3 is 4.74 Å². The summed E-state index contributed by atoms with van der Waals surface area (Å²) in [6.45, 7) is 1.19. The van der Waals surface area contributed by atoms with Gasteiger partial charge in [-0.3, -0.25) is 0 Å². The van der Waals surface area contributed by atoms with E-state index in [9.17, 15) is 4.57 Å². The molecular weight excluding hydrogens is 215 g/mol. The topological polar surface area (TPSA) is 44.8 Å². The molecule has 0 N–H and O–H groups in total. The Morgan fingerprint density at radius 2 is 1.93 bits per heavy atom. The minimum Gasteiger partial charge on any atom is -0.368 e. The van der Waals surface area contributed by atoms with Gasteiger partial charge in [-0.05, 0) is 5.56 Å². The second-order valence-electron chi connectivity index (χ2n) is 3.23. The highest BCUT2D eigenvalue weighted by Gasteiger charge is 2.32. The molecule has 1 fully saturated rings. The average Bonchev–Trinajstić information content (AvgIpc) is 2.30. The molecular formula is C10H12O4P+. The van der Waals surface area contributed by atoms with E-state index in [0.29, 0.717) is 19.8 Å². The Balaban J connectivity index is 1.77. The minimum atomic E-state index is -1.91. The molecule has 1 aliphatic rings. The van der Waals surface area contributed by atoms with Crippen molar-refractivity contribution in [2.24, 2.45) is 0 Å². The van der Waals surface area contributed by atoms with E-state index in [1.807, 2.05) is 30.3 Å². The van der Waals surface area contributed by atoms with Gasteiger partial charge in [0.1, 0.15) is 19.3 Å². The molecule has 1 aromatic rings. The molecule has 4 nitrogen and oxygen atoms in total. The third-order valence-corrected chi connectivity index (χ3v) is 2.78. The van der Waals surface area contributed by atoms with Crippen molar-refractivity contribution in [2.45, 2.75) is 12.7 Å². The molecule has 0 saturated carbocycles. The van der Waals surface area contributed by atoms with Crippen LogP contribution in [0.15, 0.2) is 30.3 Å². The number of hydrogen-bond acceptors (Lipinski definition) is 4. The molecule has 0 aromatic heterocycles. The number of ether oxygens (including phenoxy) is 1. The quantitative estimate of drug-likeness (QED) is 0.743. The summed E-state index contributed by atoms with van der Waals surface area (Å²) >= 11 is 0. The van der Waals surface area contributed by atoms with Crippen LogP contribution in [0.3, 0.4) is 0 Å². The van der Waals surface area contributed by atoms with E-state index in [2.05, 4.69) is 0 Å². The lowest BCUT2D eigenvalue weighted by atomic mass is 10.2. The summed E-state index contributed by atoms with van der Waals surface area (Å²) in [6.07, 6.45) is -0.127. The van der Waals surface area contributed by atoms with Gasteiger partial charge in [0.25, 0.3) is 0 Å². The van der Waals surface area contributed by atoms with Gasteiger partial charge in [-0.1, -0.05) is 30.3 Å². The van der Waals surface area contributed by atoms with Crippen molar-refractivity contribution in [1.29, 1.82) is 0 Å². The Kier molecular flexibility index (Phi) is 3.80. The fraction of sp³-hybridized carbons (Fsp3) is 0.400. The molecule has 0 aliphatic carbocycles. The summed E-state index contributed by atoms with van der Waals surface area (Å²) in [6, 6.07) is 9.87. The summed E-state index contributed by atoms with van der Waals surface area (Å²) in [5.74, 6) is 0. The van der Waals surface area contributed by atoms with Gasteiger partial charge in [0, 0.05) is 4.57 Å². The van der Waals surface area contributed by atoms with Crippen LogP contribution >= 0.6 is 8.25 Å². The summed E-state index contributed by atoms with van der Waals surface area (Å²) < 4.78 is 26.0. The predicted octanol–water partition coefficient (Wildman–Crippen LogP) is 2.28. The van der Waals surface area contributed by atoms with Gasteiger partial charge >= 0.3 is 8.25 Å². The molecule has 0 unspecified atom stereocenters. The van der Waals surface area contributed by atoms with Crippen LogP contribution in [-0.2, 0) is 25.0 Å². The van der Waals surface area contributed by atoms with Crippen LogP contribution in [0.1, 0.15) is 5.56 Å². The minimum absolute atomic E-state index is 0.127. The second kappa shape index (κ2) is 5.33. The Morgan fingerprint density at radius 1 is 1.27 bits per heavy atom. The highest BCUT2D eigenvalue weighted by molar-refractivity contribution is 7.33. The monoisotopic (exact) mass is 227 g/mol. The van der Waals surface area contributed by atoms with Crippen LogP contribution in [0, 0.1) is 0 Å². The summed E-state index contributed by atoms with van der Waals surface area (Å²) in [5.41, 5.74) is 1.10. The zero-order chi connectivity index (χ0) is 10.5. The summed E-state index contributed by atoms with van der Waals surface area (Å²) in [7, 11) is -1.91. The van der Waals surface area contributed by atoms with Gasteiger partial charge in [0.15, 0.2) is 0 Å². The van der Waals surface area contributed by atoms with Crippen molar-refractivity contribution in [3.8, 4) is 0 Å². The smallest absolute Gasteiger partial charge is 0.368 e. The van der Waals surface area contributed by atoms with Gasteiger partial charge in [-0.15, -0.1) is 9.05 Å². The molecule has 0 atom stereocenters. The van der Waals surface area contributed by atoms with Crippen molar-refractivity contribution < 1.29 is 18.3 Å². The van der Waals surface area contributed by atoms with E-state index >= 15 is 0 Å². The first-order valence-electron chi connectivity index (χ1n) is 4.73. The Labute approximate surface area is 89.1 Å². The number of hydrogen-bond donors (Lipinski definition) is 0. The first-order valence-corrected chi connectivity index (χ1v) is 5.83. The SMILES string of the molecule is O=[P+]1OCC(OCc2ccccc2)CO1. The molecule has 0 radical (unpaired) electrons. The average molecular weight is 227 g/mol. The molecule has 1 heterocycles. The molecule has 5 heteroatoms. The fourth-order valence-electron chi connectivity index (χ4n) is 1.26. The first-order chi connectivity index (χ1) is 7.34. The second-order valence-corrected chi connectivity index (χ2v) is 4.20. The van der Waals surface area contributed by atoms with Crippen LogP contribution < -0.4 is 0 Å². The third-order valence-electron chi connectivity index (χ3n) is 2.06. The van der Waals surface area contributed by atoms with Crippen LogP contribution in [-0.4, -0.2) is 19.3 Å². The maximum atomic E-state index is 10.7. The van der Waals surface area contributed by atoms with Crippen molar-refractivity contribution >= 4 is 8.25 Å². The molecule has 0 bridgehead atoms. The molecule has 80 valence electrons. The molecule has 2 rings (SSSR count). The highest BCUT2D eigenvalue weighted by atomic mass is 31.1. The first kappa shape index (κ1) is 10.7. The van der Waals surface area contributed by atoms with Crippen molar-refractivity contribution in [1.82, 2.24) is 0 Å². The third kappa shape index (κ3) is 3.36. The largest absolute Gasteiger partial charge is 0.697 e. The molecule has 15 heavy (non-hydrogen) atoms. The molecule has 1 aliphatic heterocycles. The van der Waals surface area contributed by atoms with Crippen molar-refractivity contribution in [3.63, 3.8) is 0 Å². The Bertz CT molecular complexity index is 317. The summed E-state index contributed by atoms with van der Waals surface area (Å²) in [4.78, 5) is 0. The maximum Gasteiger partial charge on any atom is 0.697 e. The molecule has 0 amide bonds. The van der Waals surface area contributed by atoms with Crippen molar-refractivity contribution in [3.05, 3.63) is 35.9 Å². The van der Waals surface area contributed by atoms with Gasteiger partial charge in [-0.25, -0.2) is 0 Å². The van der Waals surface area contributed by atoms with E-state index in [4.69, 9.17) is 13.8 Å². The lowest BCUT2D eigenvalue weighted by Crippen LogP contribution is -2.26. The van der Waals surface area contributed by atoms with Gasteiger partial charge in [0.05, 0.1) is 6.61 Å². The van der Waals surface area contributed by atoms with Gasteiger partial charge in [0.2, 0.25) is 0 Å². The fourth-order valence-corrected chi connectivity index (χ4v) is 1.91. The van der Waals surface area contributed by atoms with E-state index in [1.165, 1.54) is 0 Å². The van der Waals surface area contributed by atoms with Gasteiger partial charge in [-0.2, -0.15) is 0 Å². The Morgan fingerprint density at radius 3 is 2.60 bits per heavy atom. The standard InChI is InChI=1S/C10H12O4P/c11-15-13-7-10(8-14-15)12-6-9-4-2-1-3-5-9/h1-5,10H,6-8H2/q+1. The van der Waals surface area contributed by atoms with Crippen LogP contribution in [0.25, 0.3) is 0 Å². The zero-order valence-electron chi connectivity index (χ0n) is 8.17. The number of rotatable bonds is 3. The van der Waals surface area contributed by atoms with E-state index in [0.717, 1.165) is 5.56 Å². The zero-order valence-corrected chi connectivity index (χ0v) is 9.06. The molecule has 1 saturated heterocycles. The van der Waals surface area contributed by atoms with Crippen LogP contribution in [0.5, 0.6) is 0 Å². The lowest BCUT2D eigenvalue weighted by Gasteiger charge is -2.15. The van der Waals surface area contributed by atoms with E-state index in [1.54, 1.807) is 0 Å². The Hall–Kier alpha value is -0.800. The van der Waals surface area contributed by atoms with E-state index < -0.39 is 8.25 Å². The normalized spacial score (nSPS) is 24.0.